The van der Waals surface area contributed by atoms with Gasteiger partial charge >= 0.3 is 0 Å². The molecule has 4 nitrogen and oxygen atoms in total. The third-order valence-electron chi connectivity index (χ3n) is 3.42. The summed E-state index contributed by atoms with van der Waals surface area (Å²) < 4.78 is 5.31. The normalized spacial score (nSPS) is 16.8. The van der Waals surface area contributed by atoms with Gasteiger partial charge in [0.15, 0.2) is 5.82 Å². The van der Waals surface area contributed by atoms with Crippen molar-refractivity contribution in [2.45, 2.75) is 24.7 Å². The Morgan fingerprint density at radius 1 is 1.39 bits per heavy atom. The molecule has 1 aromatic heterocycles. The number of halogens is 1. The highest BCUT2D eigenvalue weighted by Gasteiger charge is 2.48. The first-order chi connectivity index (χ1) is 8.72. The van der Waals surface area contributed by atoms with Crippen molar-refractivity contribution in [3.05, 3.63) is 46.6 Å². The van der Waals surface area contributed by atoms with Crippen molar-refractivity contribution in [2.75, 3.05) is 6.54 Å². The molecule has 0 unspecified atom stereocenters. The molecule has 1 heterocycles. The van der Waals surface area contributed by atoms with Gasteiger partial charge in [0.2, 0.25) is 5.89 Å². The van der Waals surface area contributed by atoms with Crippen LogP contribution in [0, 0.1) is 0 Å². The van der Waals surface area contributed by atoms with E-state index >= 15 is 0 Å². The number of aromatic nitrogens is 2. The molecule has 18 heavy (non-hydrogen) atoms. The molecule has 0 saturated heterocycles. The van der Waals surface area contributed by atoms with Gasteiger partial charge in [0.05, 0.1) is 5.41 Å². The minimum atomic E-state index is -0.0421. The Balaban J connectivity index is 1.78. The summed E-state index contributed by atoms with van der Waals surface area (Å²) in [6.45, 7) is 0.575. The Hall–Kier alpha value is -1.39. The summed E-state index contributed by atoms with van der Waals surface area (Å²) in [5.41, 5.74) is 6.77. The van der Waals surface area contributed by atoms with E-state index in [1.165, 1.54) is 0 Å². The van der Waals surface area contributed by atoms with E-state index in [0.717, 1.165) is 23.4 Å². The zero-order valence-corrected chi connectivity index (χ0v) is 10.7. The molecule has 5 heteroatoms. The van der Waals surface area contributed by atoms with Crippen LogP contribution in [0.3, 0.4) is 0 Å². The van der Waals surface area contributed by atoms with E-state index in [0.29, 0.717) is 24.7 Å². The van der Waals surface area contributed by atoms with Gasteiger partial charge in [-0.05, 0) is 30.5 Å². The Bertz CT molecular complexity index is 563. The summed E-state index contributed by atoms with van der Waals surface area (Å²) >= 11 is 5.94. The Kier molecular flexibility index (Phi) is 2.84. The lowest BCUT2D eigenvalue weighted by molar-refractivity contribution is 0.344. The molecule has 1 aliphatic carbocycles. The maximum Gasteiger partial charge on any atom is 0.234 e. The topological polar surface area (TPSA) is 64.9 Å². The van der Waals surface area contributed by atoms with E-state index in [2.05, 4.69) is 10.1 Å². The molecule has 3 rings (SSSR count). The van der Waals surface area contributed by atoms with Crippen LogP contribution in [0.5, 0.6) is 0 Å². The molecule has 0 amide bonds. The number of benzene rings is 1. The van der Waals surface area contributed by atoms with Gasteiger partial charge in [-0.2, -0.15) is 4.98 Å². The molecular weight excluding hydrogens is 250 g/mol. The zero-order chi connectivity index (χ0) is 12.6. The van der Waals surface area contributed by atoms with Gasteiger partial charge < -0.3 is 10.3 Å². The number of nitrogens with two attached hydrogens (primary N) is 1. The highest BCUT2D eigenvalue weighted by molar-refractivity contribution is 6.30. The summed E-state index contributed by atoms with van der Waals surface area (Å²) in [5.74, 6) is 1.37. The first kappa shape index (κ1) is 11.7. The smallest absolute Gasteiger partial charge is 0.234 e. The average molecular weight is 264 g/mol. The monoisotopic (exact) mass is 263 g/mol. The maximum atomic E-state index is 5.94. The second kappa shape index (κ2) is 4.37. The summed E-state index contributed by atoms with van der Waals surface area (Å²) in [6.07, 6.45) is 2.72. The van der Waals surface area contributed by atoms with Gasteiger partial charge in [-0.15, -0.1) is 0 Å². The minimum absolute atomic E-state index is 0.0421. The standard InChI is InChI=1S/C13H14ClN3O/c14-10-3-1-2-9(6-10)7-11-16-12(18-17-11)13(8-15)4-5-13/h1-3,6H,4-5,7-8,15H2. The molecule has 94 valence electrons. The van der Waals surface area contributed by atoms with Crippen molar-refractivity contribution >= 4 is 11.6 Å². The fourth-order valence-corrected chi connectivity index (χ4v) is 2.24. The second-order valence-corrected chi connectivity index (χ2v) is 5.24. The van der Waals surface area contributed by atoms with E-state index in [-0.39, 0.29) is 5.41 Å². The van der Waals surface area contributed by atoms with E-state index in [1.807, 2.05) is 24.3 Å². The first-order valence-electron chi connectivity index (χ1n) is 5.99. The Morgan fingerprint density at radius 2 is 2.22 bits per heavy atom. The molecule has 2 N–H and O–H groups in total. The molecule has 1 aliphatic rings. The quantitative estimate of drug-likeness (QED) is 0.919. The molecule has 0 atom stereocenters. The molecular formula is C13H14ClN3O. The first-order valence-corrected chi connectivity index (χ1v) is 6.37. The molecule has 1 fully saturated rings. The SMILES string of the molecule is NCC1(c2nc(Cc3cccc(Cl)c3)no2)CC1. The predicted molar refractivity (Wildman–Crippen MR) is 68.5 cm³/mol. The van der Waals surface area contributed by atoms with Gasteiger partial charge in [0, 0.05) is 18.0 Å². The van der Waals surface area contributed by atoms with Crippen LogP contribution in [0.1, 0.15) is 30.1 Å². The Labute approximate surface area is 110 Å². The third kappa shape index (κ3) is 2.13. The highest BCUT2D eigenvalue weighted by atomic mass is 35.5. The van der Waals surface area contributed by atoms with Gasteiger partial charge in [0.1, 0.15) is 0 Å². The lowest BCUT2D eigenvalue weighted by Gasteiger charge is -2.03. The number of hydrogen-bond acceptors (Lipinski definition) is 4. The minimum Gasteiger partial charge on any atom is -0.339 e. The fourth-order valence-electron chi connectivity index (χ4n) is 2.03. The lowest BCUT2D eigenvalue weighted by atomic mass is 10.1. The van der Waals surface area contributed by atoms with E-state index in [4.69, 9.17) is 21.9 Å². The molecule has 1 aromatic carbocycles. The van der Waals surface area contributed by atoms with Crippen LogP contribution in [0.4, 0.5) is 0 Å². The Morgan fingerprint density at radius 3 is 2.89 bits per heavy atom. The van der Waals surface area contributed by atoms with Crippen LogP contribution in [0.25, 0.3) is 0 Å². The van der Waals surface area contributed by atoms with Crippen molar-refractivity contribution in [1.82, 2.24) is 10.1 Å². The van der Waals surface area contributed by atoms with Crippen molar-refractivity contribution in [3.8, 4) is 0 Å². The molecule has 2 aromatic rings. The largest absolute Gasteiger partial charge is 0.339 e. The van der Waals surface area contributed by atoms with Crippen molar-refractivity contribution in [3.63, 3.8) is 0 Å². The van der Waals surface area contributed by atoms with Crippen LogP contribution < -0.4 is 5.73 Å². The van der Waals surface area contributed by atoms with Crippen LogP contribution in [-0.4, -0.2) is 16.7 Å². The molecule has 0 spiro atoms. The maximum absolute atomic E-state index is 5.94. The summed E-state index contributed by atoms with van der Waals surface area (Å²) in [7, 11) is 0. The molecule has 1 saturated carbocycles. The molecule has 0 aliphatic heterocycles. The van der Waals surface area contributed by atoms with Crippen molar-refractivity contribution in [1.29, 1.82) is 0 Å². The van der Waals surface area contributed by atoms with E-state index in [1.54, 1.807) is 0 Å². The van der Waals surface area contributed by atoms with Crippen LogP contribution >= 0.6 is 11.6 Å². The van der Waals surface area contributed by atoms with Gasteiger partial charge in [-0.3, -0.25) is 0 Å². The lowest BCUT2D eigenvalue weighted by Crippen LogP contribution is -2.20. The zero-order valence-electron chi connectivity index (χ0n) is 9.90. The number of nitrogens with zero attached hydrogens (tertiary/aromatic N) is 2. The third-order valence-corrected chi connectivity index (χ3v) is 3.65. The van der Waals surface area contributed by atoms with Crippen LogP contribution in [0.2, 0.25) is 5.02 Å². The van der Waals surface area contributed by atoms with E-state index < -0.39 is 0 Å². The summed E-state index contributed by atoms with van der Waals surface area (Å²) in [4.78, 5) is 4.44. The van der Waals surface area contributed by atoms with Gasteiger partial charge in [0.25, 0.3) is 0 Å². The highest BCUT2D eigenvalue weighted by Crippen LogP contribution is 2.46. The van der Waals surface area contributed by atoms with Gasteiger partial charge in [-0.1, -0.05) is 28.9 Å². The van der Waals surface area contributed by atoms with Gasteiger partial charge in [-0.25, -0.2) is 0 Å². The molecule has 0 radical (unpaired) electrons. The van der Waals surface area contributed by atoms with Crippen LogP contribution in [0.15, 0.2) is 28.8 Å². The van der Waals surface area contributed by atoms with Crippen molar-refractivity contribution in [2.24, 2.45) is 5.73 Å². The second-order valence-electron chi connectivity index (χ2n) is 4.81. The fraction of sp³-hybridized carbons (Fsp3) is 0.385. The average Bonchev–Trinajstić information content (AvgIpc) is 3.03. The molecule has 0 bridgehead atoms. The number of hydrogen-bond donors (Lipinski definition) is 1. The van der Waals surface area contributed by atoms with E-state index in [9.17, 15) is 0 Å². The van der Waals surface area contributed by atoms with Crippen LogP contribution in [-0.2, 0) is 11.8 Å². The summed E-state index contributed by atoms with van der Waals surface area (Å²) in [5, 5.41) is 4.73. The number of rotatable bonds is 4. The predicted octanol–water partition coefficient (Wildman–Crippen LogP) is 2.30. The van der Waals surface area contributed by atoms with Crippen molar-refractivity contribution < 1.29 is 4.52 Å². The summed E-state index contributed by atoms with van der Waals surface area (Å²) in [6, 6.07) is 7.67.